The molecule has 2 atom stereocenters. The second-order valence-corrected chi connectivity index (χ2v) is 26.5. The zero-order valence-corrected chi connectivity index (χ0v) is 47.8. The first-order valence-corrected chi connectivity index (χ1v) is 28.8. The minimum Gasteiger partial charge on any atom is -0.334 e. The number of rotatable bonds is 6. The van der Waals surface area contributed by atoms with Gasteiger partial charge >= 0.3 is 0 Å². The molecule has 0 aromatic heterocycles. The molecule has 1 aliphatic carbocycles. The summed E-state index contributed by atoms with van der Waals surface area (Å²) in [4.78, 5) is 8.18. The Hall–Kier alpha value is -7.56. The van der Waals surface area contributed by atoms with Crippen LogP contribution in [0.3, 0.4) is 0 Å². The molecule has 4 aliphatic rings. The molecule has 9 aromatic rings. The first kappa shape index (κ1) is 50.0. The van der Waals surface area contributed by atoms with Crippen molar-refractivity contribution in [2.45, 2.75) is 129 Å². The highest BCUT2D eigenvalue weighted by molar-refractivity contribution is 7.00. The van der Waals surface area contributed by atoms with Gasteiger partial charge in [-0.25, -0.2) is 0 Å². The smallest absolute Gasteiger partial charge is 0.252 e. The van der Waals surface area contributed by atoms with Crippen LogP contribution in [0.1, 0.15) is 124 Å². The molecule has 3 heterocycles. The SMILES string of the molecule is CC(C)(C)c1ccc2c(c1)B1c3ccc(-c4ccccc4)cc3N(c3ccc(C(C)(C)C)cc3-c3ccccc3)c3cc(N4c5ccccc5C5(C)CCCCC45C)cc(c31)N2c1ccc(C(C)(C)C)cc1-c1ccccc1. The topological polar surface area (TPSA) is 9.72 Å². The van der Waals surface area contributed by atoms with Crippen LogP contribution in [0.15, 0.2) is 200 Å². The van der Waals surface area contributed by atoms with Gasteiger partial charge in [-0.3, -0.25) is 0 Å². The number of hydrogen-bond acceptors (Lipinski definition) is 3. The maximum Gasteiger partial charge on any atom is 0.252 e. The predicted molar refractivity (Wildman–Crippen MR) is 336 cm³/mol. The van der Waals surface area contributed by atoms with E-state index in [1.165, 1.54) is 130 Å². The maximum atomic E-state index is 2.80. The van der Waals surface area contributed by atoms with Crippen LogP contribution in [0.25, 0.3) is 33.4 Å². The molecule has 0 spiro atoms. The molecule has 4 heteroatoms. The Bertz CT molecular complexity index is 3800. The molecular formula is C74H74BN3. The van der Waals surface area contributed by atoms with Crippen LogP contribution in [0.5, 0.6) is 0 Å². The molecule has 0 bridgehead atoms. The van der Waals surface area contributed by atoms with E-state index in [1.54, 1.807) is 0 Å². The average Bonchev–Trinajstić information content (AvgIpc) is 2.95. The number of hydrogen-bond donors (Lipinski definition) is 0. The van der Waals surface area contributed by atoms with Crippen LogP contribution in [-0.4, -0.2) is 12.3 Å². The van der Waals surface area contributed by atoms with E-state index in [-0.39, 0.29) is 33.9 Å². The average molecular weight is 1020 g/mol. The van der Waals surface area contributed by atoms with E-state index in [0.717, 1.165) is 12.8 Å². The molecule has 13 rings (SSSR count). The largest absolute Gasteiger partial charge is 0.334 e. The molecule has 1 fully saturated rings. The van der Waals surface area contributed by atoms with Crippen LogP contribution in [-0.2, 0) is 21.7 Å². The van der Waals surface area contributed by atoms with Crippen molar-refractivity contribution in [1.82, 2.24) is 0 Å². The van der Waals surface area contributed by atoms with Crippen molar-refractivity contribution in [3.63, 3.8) is 0 Å². The molecule has 3 aliphatic heterocycles. The van der Waals surface area contributed by atoms with E-state index >= 15 is 0 Å². The fraction of sp³-hybridized carbons (Fsp3) is 0.270. The fourth-order valence-corrected chi connectivity index (χ4v) is 14.1. The van der Waals surface area contributed by atoms with E-state index in [0.29, 0.717) is 0 Å². The van der Waals surface area contributed by atoms with Gasteiger partial charge in [0, 0.05) is 50.7 Å². The molecule has 1 saturated carbocycles. The Labute approximate surface area is 465 Å². The lowest BCUT2D eigenvalue weighted by atomic mass is 9.33. The molecule has 0 N–H and O–H groups in total. The monoisotopic (exact) mass is 1020 g/mol. The van der Waals surface area contributed by atoms with Crippen LogP contribution in [0.4, 0.5) is 45.5 Å². The molecule has 78 heavy (non-hydrogen) atoms. The summed E-state index contributed by atoms with van der Waals surface area (Å²) < 4.78 is 0. The molecule has 0 radical (unpaired) electrons. The molecule has 388 valence electrons. The van der Waals surface area contributed by atoms with Crippen molar-refractivity contribution in [2.24, 2.45) is 0 Å². The van der Waals surface area contributed by atoms with Crippen molar-refractivity contribution in [2.75, 3.05) is 14.7 Å². The van der Waals surface area contributed by atoms with Gasteiger partial charge in [0.2, 0.25) is 0 Å². The Balaban J connectivity index is 1.20. The van der Waals surface area contributed by atoms with Gasteiger partial charge in [0.1, 0.15) is 0 Å². The molecule has 2 unspecified atom stereocenters. The molecule has 3 nitrogen and oxygen atoms in total. The van der Waals surface area contributed by atoms with Crippen LogP contribution < -0.4 is 31.1 Å². The molecular weight excluding hydrogens is 942 g/mol. The van der Waals surface area contributed by atoms with Crippen molar-refractivity contribution in [3.05, 3.63) is 222 Å². The van der Waals surface area contributed by atoms with Gasteiger partial charge < -0.3 is 14.7 Å². The minimum absolute atomic E-state index is 0.0312. The lowest BCUT2D eigenvalue weighted by Gasteiger charge is -2.51. The minimum atomic E-state index is -0.167. The lowest BCUT2D eigenvalue weighted by molar-refractivity contribution is 0.195. The van der Waals surface area contributed by atoms with E-state index in [9.17, 15) is 0 Å². The Morgan fingerprint density at radius 3 is 1.40 bits per heavy atom. The Kier molecular flexibility index (Phi) is 11.5. The van der Waals surface area contributed by atoms with Gasteiger partial charge in [0.05, 0.1) is 16.9 Å². The van der Waals surface area contributed by atoms with E-state index in [1.807, 2.05) is 0 Å². The zero-order valence-electron chi connectivity index (χ0n) is 47.8. The standard InChI is InChI=1S/C74H74BN3/c1-70(2,3)53-34-38-62(57(44-53)50-27-17-13-18-28-50)76-65-40-36-55(72(7,8)9)46-61(65)75-60-37-33-52(49-25-15-12-16-26-49)43-66(60)77(63-39-35-54(71(4,5)6)45-58(63)51-29-19-14-20-30-51)68-48-56(47-67(76)69(68)75)78-64-32-22-21-31-59(64)73(10)41-23-24-42-74(73,78)11/h12-22,25-40,43-48H,23-24,41-42H2,1-11H3. The summed E-state index contributed by atoms with van der Waals surface area (Å²) in [6.07, 6.45) is 4.71. The highest BCUT2D eigenvalue weighted by Crippen LogP contribution is 2.62. The van der Waals surface area contributed by atoms with Gasteiger partial charge in [-0.05, 0) is 152 Å². The number of fused-ring (bicyclic) bond motifs is 7. The highest BCUT2D eigenvalue weighted by atomic mass is 15.3. The van der Waals surface area contributed by atoms with Gasteiger partial charge in [-0.1, -0.05) is 228 Å². The summed E-state index contributed by atoms with van der Waals surface area (Å²) in [6, 6.07) is 77.4. The van der Waals surface area contributed by atoms with Crippen LogP contribution in [0, 0.1) is 0 Å². The molecule has 0 amide bonds. The second kappa shape index (κ2) is 18.0. The van der Waals surface area contributed by atoms with Crippen LogP contribution >= 0.6 is 0 Å². The van der Waals surface area contributed by atoms with Crippen LogP contribution in [0.2, 0.25) is 0 Å². The quantitative estimate of drug-likeness (QED) is 0.154. The summed E-state index contributed by atoms with van der Waals surface area (Å²) in [7, 11) is 0. The van der Waals surface area contributed by atoms with Crippen molar-refractivity contribution >= 4 is 68.6 Å². The van der Waals surface area contributed by atoms with Gasteiger partial charge in [-0.2, -0.15) is 0 Å². The zero-order chi connectivity index (χ0) is 54.1. The van der Waals surface area contributed by atoms with E-state index in [2.05, 4.69) is 291 Å². The Morgan fingerprint density at radius 2 is 0.846 bits per heavy atom. The van der Waals surface area contributed by atoms with Crippen molar-refractivity contribution < 1.29 is 0 Å². The third kappa shape index (κ3) is 7.83. The fourth-order valence-electron chi connectivity index (χ4n) is 14.1. The van der Waals surface area contributed by atoms with E-state index in [4.69, 9.17) is 0 Å². The highest BCUT2D eigenvalue weighted by Gasteiger charge is 2.58. The first-order valence-electron chi connectivity index (χ1n) is 28.8. The normalized spacial score (nSPS) is 18.5. The summed E-state index contributed by atoms with van der Waals surface area (Å²) in [5.74, 6) is 0. The van der Waals surface area contributed by atoms with Gasteiger partial charge in [0.15, 0.2) is 0 Å². The number of anilines is 8. The number of para-hydroxylation sites is 1. The summed E-state index contributed by atoms with van der Waals surface area (Å²) >= 11 is 0. The Morgan fingerprint density at radius 1 is 0.372 bits per heavy atom. The summed E-state index contributed by atoms with van der Waals surface area (Å²) in [5.41, 5.74) is 26.1. The van der Waals surface area contributed by atoms with Gasteiger partial charge in [-0.15, -0.1) is 0 Å². The summed E-state index contributed by atoms with van der Waals surface area (Å²) in [5, 5.41) is 0. The lowest BCUT2D eigenvalue weighted by Crippen LogP contribution is -2.61. The van der Waals surface area contributed by atoms with Gasteiger partial charge in [0.25, 0.3) is 6.71 Å². The number of nitrogens with zero attached hydrogens (tertiary/aromatic N) is 3. The molecule has 0 saturated heterocycles. The van der Waals surface area contributed by atoms with E-state index < -0.39 is 0 Å². The third-order valence-corrected chi connectivity index (χ3v) is 18.7. The predicted octanol–water partition coefficient (Wildman–Crippen LogP) is 18.4. The maximum absolute atomic E-state index is 2.80. The summed E-state index contributed by atoms with van der Waals surface area (Å²) in [6.45, 7) is 26.2. The first-order chi connectivity index (χ1) is 37.3. The second-order valence-electron chi connectivity index (χ2n) is 26.5. The number of benzene rings is 9. The molecule has 9 aromatic carbocycles. The third-order valence-electron chi connectivity index (χ3n) is 18.7. The van der Waals surface area contributed by atoms with Crippen molar-refractivity contribution in [3.8, 4) is 33.4 Å². The van der Waals surface area contributed by atoms with Crippen molar-refractivity contribution in [1.29, 1.82) is 0 Å².